The molecule has 1 aromatic rings. The Kier molecular flexibility index (Phi) is 2.82. The Bertz CT molecular complexity index is 268. The molecule has 0 saturated carbocycles. The number of nitrogens with two attached hydrogens (primary N) is 1. The predicted octanol–water partition coefficient (Wildman–Crippen LogP) is -0.707. The van der Waals surface area contributed by atoms with Gasteiger partial charge in [0.25, 0.3) is 0 Å². The summed E-state index contributed by atoms with van der Waals surface area (Å²) in [5.74, 6) is -0.351. The maximum Gasteiger partial charge on any atom is 0.231 e. The van der Waals surface area contributed by atoms with E-state index in [2.05, 4.69) is 15.5 Å². The van der Waals surface area contributed by atoms with Gasteiger partial charge in [0.15, 0.2) is 0 Å². The van der Waals surface area contributed by atoms with Crippen LogP contribution in [0.5, 0.6) is 0 Å². The number of primary amides is 1. The molecule has 4 N–H and O–H groups in total. The highest BCUT2D eigenvalue weighted by molar-refractivity contribution is 5.75. The second-order valence-corrected chi connectivity index (χ2v) is 2.59. The van der Waals surface area contributed by atoms with E-state index in [9.17, 15) is 4.79 Å². The molecule has 5 nitrogen and oxygen atoms in total. The molecule has 5 heteroatoms. The van der Waals surface area contributed by atoms with Gasteiger partial charge in [-0.05, 0) is 6.92 Å². The monoisotopic (exact) mass is 168 g/mol. The van der Waals surface area contributed by atoms with Crippen LogP contribution < -0.4 is 11.1 Å². The number of amides is 1. The van der Waals surface area contributed by atoms with Crippen LogP contribution in [0, 0.1) is 6.92 Å². The lowest BCUT2D eigenvalue weighted by atomic mass is 10.2. The summed E-state index contributed by atoms with van der Waals surface area (Å²) in [4.78, 5) is 10.3. The van der Waals surface area contributed by atoms with Gasteiger partial charge in [0.1, 0.15) is 0 Å². The summed E-state index contributed by atoms with van der Waals surface area (Å²) in [6.45, 7) is 2.74. The van der Waals surface area contributed by atoms with E-state index >= 15 is 0 Å². The lowest BCUT2D eigenvalue weighted by Gasteiger charge is -1.99. The molecule has 0 unspecified atom stereocenters. The molecule has 0 aliphatic heterocycles. The van der Waals surface area contributed by atoms with Gasteiger partial charge >= 0.3 is 0 Å². The highest BCUT2D eigenvalue weighted by Gasteiger charge is 1.99. The van der Waals surface area contributed by atoms with Gasteiger partial charge in [-0.1, -0.05) is 0 Å². The Labute approximate surface area is 70.3 Å². The quantitative estimate of drug-likeness (QED) is 0.555. The summed E-state index contributed by atoms with van der Waals surface area (Å²) in [6.07, 6.45) is 1.73. The summed E-state index contributed by atoms with van der Waals surface area (Å²) in [7, 11) is 0. The van der Waals surface area contributed by atoms with Crippen LogP contribution >= 0.6 is 0 Å². The molecule has 0 bridgehead atoms. The number of nitrogens with one attached hydrogen (secondary N) is 2. The van der Waals surface area contributed by atoms with Crippen LogP contribution in [-0.4, -0.2) is 22.6 Å². The first kappa shape index (κ1) is 8.73. The Balaban J connectivity index is 2.33. The third-order valence-electron chi connectivity index (χ3n) is 1.55. The van der Waals surface area contributed by atoms with E-state index in [0.29, 0.717) is 6.54 Å². The molecule has 0 radical (unpaired) electrons. The molecular formula is C7H12N4O. The number of aromatic amines is 1. The van der Waals surface area contributed by atoms with Gasteiger partial charge < -0.3 is 11.1 Å². The average Bonchev–Trinajstić information content (AvgIpc) is 2.36. The van der Waals surface area contributed by atoms with Crippen LogP contribution in [0.25, 0.3) is 0 Å². The normalized spacial score (nSPS) is 10.1. The third-order valence-corrected chi connectivity index (χ3v) is 1.55. The maximum absolute atomic E-state index is 10.3. The van der Waals surface area contributed by atoms with Crippen molar-refractivity contribution < 1.29 is 4.79 Å². The Morgan fingerprint density at radius 3 is 3.08 bits per heavy atom. The Morgan fingerprint density at radius 2 is 2.58 bits per heavy atom. The van der Waals surface area contributed by atoms with Gasteiger partial charge in [0, 0.05) is 17.8 Å². The van der Waals surface area contributed by atoms with Crippen molar-refractivity contribution in [3.63, 3.8) is 0 Å². The second kappa shape index (κ2) is 3.87. The highest BCUT2D eigenvalue weighted by atomic mass is 16.1. The van der Waals surface area contributed by atoms with Crippen molar-refractivity contribution in [2.75, 3.05) is 6.54 Å². The van der Waals surface area contributed by atoms with Crippen molar-refractivity contribution in [3.8, 4) is 0 Å². The van der Waals surface area contributed by atoms with Crippen molar-refractivity contribution in [3.05, 3.63) is 17.5 Å². The molecule has 0 fully saturated rings. The van der Waals surface area contributed by atoms with Crippen LogP contribution in [0.2, 0.25) is 0 Å². The van der Waals surface area contributed by atoms with Crippen LogP contribution in [0.15, 0.2) is 6.20 Å². The number of aryl methyl sites for hydroxylation is 1. The molecule has 0 aliphatic carbocycles. The number of carbonyl (C=O) groups excluding carboxylic acids is 1. The largest absolute Gasteiger partial charge is 0.369 e. The van der Waals surface area contributed by atoms with E-state index < -0.39 is 0 Å². The van der Waals surface area contributed by atoms with Crippen LogP contribution in [0.4, 0.5) is 0 Å². The van der Waals surface area contributed by atoms with Gasteiger partial charge in [0.2, 0.25) is 5.91 Å². The first-order valence-electron chi connectivity index (χ1n) is 3.68. The minimum Gasteiger partial charge on any atom is -0.369 e. The average molecular weight is 168 g/mol. The number of H-pyrrole nitrogens is 1. The minimum absolute atomic E-state index is 0.199. The molecule has 0 saturated heterocycles. The van der Waals surface area contributed by atoms with E-state index in [1.807, 2.05) is 6.92 Å². The topological polar surface area (TPSA) is 83.8 Å². The Hall–Kier alpha value is -1.36. The van der Waals surface area contributed by atoms with E-state index in [1.54, 1.807) is 6.20 Å². The van der Waals surface area contributed by atoms with Gasteiger partial charge in [-0.3, -0.25) is 9.89 Å². The SMILES string of the molecule is Cc1[nH]ncc1CNCC(N)=O. The van der Waals surface area contributed by atoms with Crippen molar-refractivity contribution >= 4 is 5.91 Å². The summed E-state index contributed by atoms with van der Waals surface area (Å²) < 4.78 is 0. The number of carbonyl (C=O) groups is 1. The number of hydrogen-bond donors (Lipinski definition) is 3. The van der Waals surface area contributed by atoms with E-state index in [1.165, 1.54) is 0 Å². The van der Waals surface area contributed by atoms with E-state index in [-0.39, 0.29) is 12.5 Å². The van der Waals surface area contributed by atoms with Gasteiger partial charge in [-0.2, -0.15) is 5.10 Å². The number of aromatic nitrogens is 2. The van der Waals surface area contributed by atoms with Crippen molar-refractivity contribution in [2.45, 2.75) is 13.5 Å². The highest BCUT2D eigenvalue weighted by Crippen LogP contribution is 2.00. The molecule has 1 rings (SSSR count). The zero-order valence-corrected chi connectivity index (χ0v) is 6.92. The molecule has 12 heavy (non-hydrogen) atoms. The summed E-state index contributed by atoms with van der Waals surface area (Å²) in [5, 5.41) is 9.53. The van der Waals surface area contributed by atoms with E-state index in [4.69, 9.17) is 5.73 Å². The van der Waals surface area contributed by atoms with Crippen LogP contribution in [0.1, 0.15) is 11.3 Å². The van der Waals surface area contributed by atoms with E-state index in [0.717, 1.165) is 11.3 Å². The zero-order valence-electron chi connectivity index (χ0n) is 6.92. The third kappa shape index (κ3) is 2.35. The fourth-order valence-electron chi connectivity index (χ4n) is 0.874. The van der Waals surface area contributed by atoms with Crippen LogP contribution in [-0.2, 0) is 11.3 Å². The summed E-state index contributed by atoms with van der Waals surface area (Å²) in [5.41, 5.74) is 7.00. The first-order valence-corrected chi connectivity index (χ1v) is 3.68. The van der Waals surface area contributed by atoms with Gasteiger partial charge in [-0.25, -0.2) is 0 Å². The fraction of sp³-hybridized carbons (Fsp3) is 0.429. The molecular weight excluding hydrogens is 156 g/mol. The lowest BCUT2D eigenvalue weighted by Crippen LogP contribution is -2.28. The van der Waals surface area contributed by atoms with Crippen molar-refractivity contribution in [2.24, 2.45) is 5.73 Å². The molecule has 66 valence electrons. The lowest BCUT2D eigenvalue weighted by molar-refractivity contribution is -0.117. The fourth-order valence-corrected chi connectivity index (χ4v) is 0.874. The summed E-state index contributed by atoms with van der Waals surface area (Å²) in [6, 6.07) is 0. The second-order valence-electron chi connectivity index (χ2n) is 2.59. The van der Waals surface area contributed by atoms with Crippen molar-refractivity contribution in [1.29, 1.82) is 0 Å². The summed E-state index contributed by atoms with van der Waals surface area (Å²) >= 11 is 0. The smallest absolute Gasteiger partial charge is 0.231 e. The number of nitrogens with zero attached hydrogens (tertiary/aromatic N) is 1. The van der Waals surface area contributed by atoms with Gasteiger partial charge in [0.05, 0.1) is 12.7 Å². The van der Waals surface area contributed by atoms with Crippen LogP contribution in [0.3, 0.4) is 0 Å². The molecule has 0 aliphatic rings. The molecule has 0 spiro atoms. The van der Waals surface area contributed by atoms with Crippen molar-refractivity contribution in [1.82, 2.24) is 15.5 Å². The minimum atomic E-state index is -0.351. The molecule has 1 heterocycles. The molecule has 0 atom stereocenters. The molecule has 1 amide bonds. The molecule has 0 aromatic carbocycles. The standard InChI is InChI=1S/C7H12N4O/c1-5-6(3-10-11-5)2-9-4-7(8)12/h3,9H,2,4H2,1H3,(H2,8,12)(H,10,11). The first-order chi connectivity index (χ1) is 5.70. The molecule has 1 aromatic heterocycles. The predicted molar refractivity (Wildman–Crippen MR) is 44.2 cm³/mol. The number of rotatable bonds is 4. The van der Waals surface area contributed by atoms with Gasteiger partial charge in [-0.15, -0.1) is 0 Å². The zero-order chi connectivity index (χ0) is 8.97. The Morgan fingerprint density at radius 1 is 1.83 bits per heavy atom. The number of hydrogen-bond acceptors (Lipinski definition) is 3. The maximum atomic E-state index is 10.3.